The van der Waals surface area contributed by atoms with E-state index in [4.69, 9.17) is 5.73 Å². The number of thioether (sulfide) groups is 1. The minimum absolute atomic E-state index is 0.00279. The second kappa shape index (κ2) is 7.77. The minimum Gasteiger partial charge on any atom is -0.330 e. The van der Waals surface area contributed by atoms with E-state index in [1.807, 2.05) is 18.2 Å². The van der Waals surface area contributed by atoms with E-state index >= 15 is 0 Å². The number of nitrogens with zero attached hydrogens (tertiary/aromatic N) is 2. The van der Waals surface area contributed by atoms with E-state index < -0.39 is 0 Å². The Bertz CT molecular complexity index is 701. The van der Waals surface area contributed by atoms with Gasteiger partial charge in [0, 0.05) is 31.8 Å². The van der Waals surface area contributed by atoms with Crippen molar-refractivity contribution in [1.29, 1.82) is 0 Å². The van der Waals surface area contributed by atoms with Crippen LogP contribution in [0, 0.1) is 0 Å². The summed E-state index contributed by atoms with van der Waals surface area (Å²) in [5.41, 5.74) is 8.54. The molecule has 0 unspecified atom stereocenters. The first kappa shape index (κ1) is 16.2. The van der Waals surface area contributed by atoms with Crippen molar-refractivity contribution >= 4 is 11.8 Å². The number of fused-ring (bicyclic) bond motifs is 1. The molecule has 0 radical (unpaired) electrons. The highest BCUT2D eigenvalue weighted by molar-refractivity contribution is 7.99. The molecular formula is C17H22N4OS. The van der Waals surface area contributed by atoms with Gasteiger partial charge in [-0.1, -0.05) is 42.1 Å². The van der Waals surface area contributed by atoms with Gasteiger partial charge in [-0.2, -0.15) is 0 Å². The zero-order valence-electron chi connectivity index (χ0n) is 13.1. The molecule has 0 aliphatic carbocycles. The van der Waals surface area contributed by atoms with Crippen LogP contribution in [0.3, 0.4) is 0 Å². The Kier molecular flexibility index (Phi) is 5.48. The predicted molar refractivity (Wildman–Crippen MR) is 93.5 cm³/mol. The van der Waals surface area contributed by atoms with Crippen molar-refractivity contribution in [1.82, 2.24) is 14.9 Å². The fourth-order valence-corrected chi connectivity index (χ4v) is 3.60. The van der Waals surface area contributed by atoms with Crippen LogP contribution < -0.4 is 11.3 Å². The molecule has 5 nitrogen and oxygen atoms in total. The van der Waals surface area contributed by atoms with Crippen molar-refractivity contribution in [3.05, 3.63) is 57.5 Å². The highest BCUT2D eigenvalue weighted by Gasteiger charge is 2.21. The van der Waals surface area contributed by atoms with Gasteiger partial charge < -0.3 is 10.7 Å². The van der Waals surface area contributed by atoms with Crippen LogP contribution in [0.2, 0.25) is 0 Å². The molecule has 2 aromatic rings. The Labute approximate surface area is 140 Å². The van der Waals surface area contributed by atoms with Crippen molar-refractivity contribution in [2.75, 3.05) is 18.8 Å². The number of nitrogens with one attached hydrogen (secondary N) is 1. The number of benzene rings is 1. The average Bonchev–Trinajstić information content (AvgIpc) is 2.57. The maximum atomic E-state index is 12.4. The first-order chi connectivity index (χ1) is 11.3. The summed E-state index contributed by atoms with van der Waals surface area (Å²) in [6, 6.07) is 10.4. The number of hydrogen-bond donors (Lipinski definition) is 2. The van der Waals surface area contributed by atoms with Gasteiger partial charge in [-0.3, -0.25) is 9.69 Å². The molecule has 1 aliphatic heterocycles. The lowest BCUT2D eigenvalue weighted by molar-refractivity contribution is 0.241. The first-order valence-electron chi connectivity index (χ1n) is 7.97. The Balaban J connectivity index is 1.70. The molecule has 3 N–H and O–H groups in total. The summed E-state index contributed by atoms with van der Waals surface area (Å²) in [7, 11) is 0. The lowest BCUT2D eigenvalue weighted by Gasteiger charge is -2.27. The van der Waals surface area contributed by atoms with Crippen molar-refractivity contribution in [2.45, 2.75) is 31.1 Å². The smallest absolute Gasteiger partial charge is 0.256 e. The normalized spacial score (nSPS) is 14.7. The van der Waals surface area contributed by atoms with Crippen LogP contribution in [0.15, 0.2) is 40.3 Å². The van der Waals surface area contributed by atoms with Gasteiger partial charge in [0.25, 0.3) is 5.56 Å². The third kappa shape index (κ3) is 4.22. The van der Waals surface area contributed by atoms with E-state index in [-0.39, 0.29) is 5.56 Å². The zero-order chi connectivity index (χ0) is 16.1. The Hall–Kier alpha value is -1.63. The summed E-state index contributed by atoms with van der Waals surface area (Å²) in [4.78, 5) is 22.2. The standard InChI is InChI=1S/C17H22N4OS/c18-8-4-10-23-17-19-15-7-9-21(12-14(15)16(22)20-17)11-13-5-2-1-3-6-13/h1-3,5-6H,4,7-12,18H2,(H,19,20,22). The SMILES string of the molecule is NCCCSc1nc2c(c(=O)[nH]1)CN(Cc1ccccc1)CC2. The Morgan fingerprint density at radius 3 is 2.91 bits per heavy atom. The Morgan fingerprint density at radius 1 is 1.30 bits per heavy atom. The van der Waals surface area contributed by atoms with E-state index in [0.29, 0.717) is 13.1 Å². The maximum absolute atomic E-state index is 12.4. The van der Waals surface area contributed by atoms with Gasteiger partial charge in [-0.15, -0.1) is 0 Å². The van der Waals surface area contributed by atoms with Gasteiger partial charge in [-0.05, 0) is 18.5 Å². The summed E-state index contributed by atoms with van der Waals surface area (Å²) in [6.45, 7) is 3.13. The summed E-state index contributed by atoms with van der Waals surface area (Å²) >= 11 is 1.58. The third-order valence-electron chi connectivity index (χ3n) is 3.96. The van der Waals surface area contributed by atoms with E-state index in [2.05, 4.69) is 27.0 Å². The molecule has 6 heteroatoms. The van der Waals surface area contributed by atoms with E-state index in [9.17, 15) is 4.79 Å². The molecule has 0 atom stereocenters. The molecule has 0 saturated carbocycles. The second-order valence-corrected chi connectivity index (χ2v) is 6.82. The number of nitrogens with two attached hydrogens (primary N) is 1. The van der Waals surface area contributed by atoms with Crippen LogP contribution in [0.25, 0.3) is 0 Å². The van der Waals surface area contributed by atoms with Crippen LogP contribution >= 0.6 is 11.8 Å². The van der Waals surface area contributed by atoms with Gasteiger partial charge in [0.15, 0.2) is 5.16 Å². The number of aromatic nitrogens is 2. The molecule has 0 amide bonds. The minimum atomic E-state index is 0.00279. The second-order valence-electron chi connectivity index (χ2n) is 5.73. The topological polar surface area (TPSA) is 75.0 Å². The molecule has 0 bridgehead atoms. The van der Waals surface area contributed by atoms with Gasteiger partial charge in [0.2, 0.25) is 0 Å². The zero-order valence-corrected chi connectivity index (χ0v) is 13.9. The van der Waals surface area contributed by atoms with Crippen LogP contribution in [-0.2, 0) is 19.5 Å². The summed E-state index contributed by atoms with van der Waals surface area (Å²) in [5, 5.41) is 0.721. The fourth-order valence-electron chi connectivity index (χ4n) is 2.76. The summed E-state index contributed by atoms with van der Waals surface area (Å²) in [6.07, 6.45) is 1.76. The van der Waals surface area contributed by atoms with E-state index in [1.54, 1.807) is 11.8 Å². The van der Waals surface area contributed by atoms with Crippen molar-refractivity contribution in [3.8, 4) is 0 Å². The predicted octanol–water partition coefficient (Wildman–Crippen LogP) is 1.77. The number of rotatable bonds is 6. The number of H-pyrrole nitrogens is 1. The van der Waals surface area contributed by atoms with E-state index in [1.165, 1.54) is 5.56 Å². The van der Waals surface area contributed by atoms with Crippen LogP contribution in [0.1, 0.15) is 23.2 Å². The third-order valence-corrected chi connectivity index (χ3v) is 4.92. The molecule has 1 aliphatic rings. The monoisotopic (exact) mass is 330 g/mol. The van der Waals surface area contributed by atoms with Crippen LogP contribution in [0.5, 0.6) is 0 Å². The van der Waals surface area contributed by atoms with Gasteiger partial charge in [0.05, 0.1) is 11.3 Å². The molecular weight excluding hydrogens is 308 g/mol. The van der Waals surface area contributed by atoms with E-state index in [0.717, 1.165) is 48.1 Å². The molecule has 1 aromatic heterocycles. The number of hydrogen-bond acceptors (Lipinski definition) is 5. The molecule has 3 rings (SSSR count). The molecule has 0 spiro atoms. The highest BCUT2D eigenvalue weighted by atomic mass is 32.2. The lowest BCUT2D eigenvalue weighted by atomic mass is 10.1. The average molecular weight is 330 g/mol. The molecule has 0 fully saturated rings. The first-order valence-corrected chi connectivity index (χ1v) is 8.96. The lowest BCUT2D eigenvalue weighted by Crippen LogP contribution is -2.35. The molecule has 2 heterocycles. The van der Waals surface area contributed by atoms with Gasteiger partial charge in [0.1, 0.15) is 0 Å². The largest absolute Gasteiger partial charge is 0.330 e. The van der Waals surface area contributed by atoms with Crippen molar-refractivity contribution in [2.24, 2.45) is 5.73 Å². The van der Waals surface area contributed by atoms with Gasteiger partial charge in [-0.25, -0.2) is 4.98 Å². The van der Waals surface area contributed by atoms with Crippen LogP contribution in [-0.4, -0.2) is 33.7 Å². The number of aromatic amines is 1. The van der Waals surface area contributed by atoms with Crippen molar-refractivity contribution < 1.29 is 0 Å². The molecule has 122 valence electrons. The van der Waals surface area contributed by atoms with Crippen molar-refractivity contribution in [3.63, 3.8) is 0 Å². The van der Waals surface area contributed by atoms with Crippen LogP contribution in [0.4, 0.5) is 0 Å². The molecule has 1 aromatic carbocycles. The maximum Gasteiger partial charge on any atom is 0.256 e. The summed E-state index contributed by atoms with van der Waals surface area (Å²) < 4.78 is 0. The highest BCUT2D eigenvalue weighted by Crippen LogP contribution is 2.19. The summed E-state index contributed by atoms with van der Waals surface area (Å²) in [5.74, 6) is 0.887. The fraction of sp³-hybridized carbons (Fsp3) is 0.412. The molecule has 23 heavy (non-hydrogen) atoms. The quantitative estimate of drug-likeness (QED) is 0.480. The molecule has 0 saturated heterocycles. The Morgan fingerprint density at radius 2 is 2.13 bits per heavy atom. The van der Waals surface area contributed by atoms with Gasteiger partial charge >= 0.3 is 0 Å².